The van der Waals surface area contributed by atoms with Gasteiger partial charge in [-0.25, -0.2) is 23.7 Å². The standard InChI is InChI=1S/C22H17F2N5O3/c23-14-3-1-13(2-4-14)20-21(29(12-27-20)16-10-31-9-15(16)24)17-5-6-18(32-17)22(30)28-19-7-8-25-11-26-19/h1-8,11-12,15-16H,9-10H2,(H,25,26,28,30). The number of imidazole rings is 1. The number of halogens is 2. The summed E-state index contributed by atoms with van der Waals surface area (Å²) in [7, 11) is 0. The first-order chi connectivity index (χ1) is 15.6. The van der Waals surface area contributed by atoms with E-state index in [0.717, 1.165) is 0 Å². The Morgan fingerprint density at radius 1 is 1.09 bits per heavy atom. The topological polar surface area (TPSA) is 95.1 Å². The molecule has 8 nitrogen and oxygen atoms in total. The number of ether oxygens (including phenoxy) is 1. The monoisotopic (exact) mass is 437 g/mol. The molecule has 2 unspecified atom stereocenters. The van der Waals surface area contributed by atoms with Gasteiger partial charge in [-0.2, -0.15) is 0 Å². The minimum absolute atomic E-state index is 0.0150. The summed E-state index contributed by atoms with van der Waals surface area (Å²) in [5.74, 6) is -0.214. The molecule has 1 amide bonds. The molecule has 2 atom stereocenters. The lowest BCUT2D eigenvalue weighted by molar-refractivity contribution is 0.0997. The van der Waals surface area contributed by atoms with Gasteiger partial charge in [0.25, 0.3) is 5.91 Å². The quantitative estimate of drug-likeness (QED) is 0.509. The molecular formula is C22H17F2N5O3. The van der Waals surface area contributed by atoms with Crippen LogP contribution in [0.1, 0.15) is 16.6 Å². The predicted molar refractivity (Wildman–Crippen MR) is 110 cm³/mol. The van der Waals surface area contributed by atoms with E-state index in [4.69, 9.17) is 9.15 Å². The van der Waals surface area contributed by atoms with E-state index >= 15 is 0 Å². The second kappa shape index (κ2) is 8.31. The van der Waals surface area contributed by atoms with Gasteiger partial charge in [-0.3, -0.25) is 4.79 Å². The molecule has 1 fully saturated rings. The third kappa shape index (κ3) is 3.76. The number of anilines is 1. The number of furan rings is 1. The van der Waals surface area contributed by atoms with Crippen molar-refractivity contribution in [1.29, 1.82) is 0 Å². The second-order valence-electron chi connectivity index (χ2n) is 7.19. The highest BCUT2D eigenvalue weighted by Crippen LogP contribution is 2.37. The summed E-state index contributed by atoms with van der Waals surface area (Å²) in [5.41, 5.74) is 1.56. The predicted octanol–water partition coefficient (Wildman–Crippen LogP) is 3.90. The highest BCUT2D eigenvalue weighted by molar-refractivity contribution is 6.02. The number of amides is 1. The molecule has 1 N–H and O–H groups in total. The van der Waals surface area contributed by atoms with Gasteiger partial charge in [0.1, 0.15) is 29.8 Å². The van der Waals surface area contributed by atoms with E-state index in [-0.39, 0.29) is 24.8 Å². The van der Waals surface area contributed by atoms with Crippen molar-refractivity contribution in [3.8, 4) is 22.7 Å². The van der Waals surface area contributed by atoms with Crippen LogP contribution in [0.5, 0.6) is 0 Å². The van der Waals surface area contributed by atoms with E-state index < -0.39 is 18.1 Å². The van der Waals surface area contributed by atoms with Crippen molar-refractivity contribution in [2.75, 3.05) is 18.5 Å². The molecule has 0 aliphatic carbocycles. The number of nitrogens with one attached hydrogen (secondary N) is 1. The van der Waals surface area contributed by atoms with Gasteiger partial charge in [0.05, 0.1) is 31.3 Å². The Morgan fingerprint density at radius 3 is 2.66 bits per heavy atom. The molecule has 4 aromatic rings. The molecule has 1 aliphatic heterocycles. The molecule has 3 aromatic heterocycles. The molecule has 0 radical (unpaired) electrons. The first-order valence-electron chi connectivity index (χ1n) is 9.82. The SMILES string of the molecule is O=C(Nc1ccncn1)c1ccc(-c2c(-c3ccc(F)cc3)ncn2C2COCC2F)o1. The Labute approximate surface area is 180 Å². The molecule has 4 heterocycles. The minimum atomic E-state index is -1.22. The molecule has 0 saturated carbocycles. The van der Waals surface area contributed by atoms with Gasteiger partial charge in [0.15, 0.2) is 11.5 Å². The summed E-state index contributed by atoms with van der Waals surface area (Å²) in [5, 5.41) is 2.62. The molecule has 10 heteroatoms. The van der Waals surface area contributed by atoms with Crippen LogP contribution in [0.2, 0.25) is 0 Å². The lowest BCUT2D eigenvalue weighted by atomic mass is 10.1. The van der Waals surface area contributed by atoms with E-state index in [0.29, 0.717) is 28.5 Å². The smallest absolute Gasteiger partial charge is 0.292 e. The molecule has 1 aromatic carbocycles. The fourth-order valence-corrected chi connectivity index (χ4v) is 3.58. The first kappa shape index (κ1) is 20.0. The molecular weight excluding hydrogens is 420 g/mol. The Bertz CT molecular complexity index is 1240. The maximum absolute atomic E-state index is 14.5. The van der Waals surface area contributed by atoms with E-state index in [2.05, 4.69) is 20.3 Å². The fraction of sp³-hybridized carbons (Fsp3) is 0.182. The maximum atomic E-state index is 14.5. The van der Waals surface area contributed by atoms with Crippen LogP contribution in [0, 0.1) is 5.82 Å². The average Bonchev–Trinajstić information content (AvgIpc) is 3.54. The van der Waals surface area contributed by atoms with Crippen molar-refractivity contribution in [2.45, 2.75) is 12.2 Å². The van der Waals surface area contributed by atoms with Crippen LogP contribution in [0.3, 0.4) is 0 Å². The van der Waals surface area contributed by atoms with Crippen LogP contribution >= 0.6 is 0 Å². The van der Waals surface area contributed by atoms with Crippen LogP contribution in [-0.4, -0.2) is 44.8 Å². The van der Waals surface area contributed by atoms with Crippen molar-refractivity contribution in [1.82, 2.24) is 19.5 Å². The summed E-state index contributed by atoms with van der Waals surface area (Å²) in [6.45, 7) is 0.161. The molecule has 0 bridgehead atoms. The third-order valence-corrected chi connectivity index (χ3v) is 5.14. The number of carbonyl (C=O) groups excluding carboxylic acids is 1. The van der Waals surface area contributed by atoms with E-state index in [1.807, 2.05) is 0 Å². The molecule has 1 saturated heterocycles. The van der Waals surface area contributed by atoms with E-state index in [9.17, 15) is 13.6 Å². The molecule has 1 aliphatic rings. The third-order valence-electron chi connectivity index (χ3n) is 5.14. The normalized spacial score (nSPS) is 18.1. The van der Waals surface area contributed by atoms with Gasteiger partial charge in [0.2, 0.25) is 0 Å². The average molecular weight is 437 g/mol. The van der Waals surface area contributed by atoms with Crippen molar-refractivity contribution in [3.63, 3.8) is 0 Å². The summed E-state index contributed by atoms with van der Waals surface area (Å²) in [6.07, 6.45) is 3.09. The number of carbonyl (C=O) groups is 1. The highest BCUT2D eigenvalue weighted by Gasteiger charge is 2.33. The van der Waals surface area contributed by atoms with Crippen molar-refractivity contribution < 1.29 is 22.7 Å². The molecule has 32 heavy (non-hydrogen) atoms. The van der Waals surface area contributed by atoms with Crippen LogP contribution in [0.4, 0.5) is 14.6 Å². The number of benzene rings is 1. The summed E-state index contributed by atoms with van der Waals surface area (Å²) < 4.78 is 40.7. The second-order valence-corrected chi connectivity index (χ2v) is 7.19. The summed E-state index contributed by atoms with van der Waals surface area (Å²) in [4.78, 5) is 24.8. The van der Waals surface area contributed by atoms with Gasteiger partial charge in [-0.05, 0) is 42.5 Å². The minimum Gasteiger partial charge on any atom is -0.449 e. The van der Waals surface area contributed by atoms with Crippen molar-refractivity contribution in [2.24, 2.45) is 0 Å². The Balaban J connectivity index is 1.54. The highest BCUT2D eigenvalue weighted by atomic mass is 19.1. The fourth-order valence-electron chi connectivity index (χ4n) is 3.58. The van der Waals surface area contributed by atoms with Gasteiger partial charge in [0, 0.05) is 11.8 Å². The largest absolute Gasteiger partial charge is 0.449 e. The van der Waals surface area contributed by atoms with Gasteiger partial charge >= 0.3 is 0 Å². The number of hydrogen-bond acceptors (Lipinski definition) is 6. The summed E-state index contributed by atoms with van der Waals surface area (Å²) >= 11 is 0. The number of nitrogens with zero attached hydrogens (tertiary/aromatic N) is 4. The van der Waals surface area contributed by atoms with Crippen LogP contribution in [-0.2, 0) is 4.74 Å². The Morgan fingerprint density at radius 2 is 1.94 bits per heavy atom. The molecule has 162 valence electrons. The Kier molecular flexibility index (Phi) is 5.20. The van der Waals surface area contributed by atoms with E-state index in [1.54, 1.807) is 28.8 Å². The zero-order chi connectivity index (χ0) is 22.1. The van der Waals surface area contributed by atoms with Crippen LogP contribution in [0.25, 0.3) is 22.7 Å². The van der Waals surface area contributed by atoms with Crippen LogP contribution < -0.4 is 5.32 Å². The van der Waals surface area contributed by atoms with Gasteiger partial charge < -0.3 is 19.0 Å². The zero-order valence-electron chi connectivity index (χ0n) is 16.6. The summed E-state index contributed by atoms with van der Waals surface area (Å²) in [6, 6.07) is 9.86. The molecule has 0 spiro atoms. The van der Waals surface area contributed by atoms with Gasteiger partial charge in [-0.1, -0.05) is 0 Å². The van der Waals surface area contributed by atoms with Crippen LogP contribution in [0.15, 0.2) is 65.7 Å². The number of rotatable bonds is 5. The van der Waals surface area contributed by atoms with Gasteiger partial charge in [-0.15, -0.1) is 0 Å². The van der Waals surface area contributed by atoms with E-state index in [1.165, 1.54) is 37.1 Å². The number of alkyl halides is 1. The lowest BCUT2D eigenvalue weighted by Crippen LogP contribution is -2.18. The zero-order valence-corrected chi connectivity index (χ0v) is 16.6. The number of aromatic nitrogens is 4. The lowest BCUT2D eigenvalue weighted by Gasteiger charge is -2.16. The Hall–Kier alpha value is -3.92. The molecule has 5 rings (SSSR count). The first-order valence-corrected chi connectivity index (χ1v) is 9.82. The van der Waals surface area contributed by atoms with Crippen molar-refractivity contribution >= 4 is 11.7 Å². The number of hydrogen-bond donors (Lipinski definition) is 1. The van der Waals surface area contributed by atoms with Crippen molar-refractivity contribution in [3.05, 3.63) is 72.9 Å². The maximum Gasteiger partial charge on any atom is 0.292 e.